The molecule has 1 unspecified atom stereocenters. The highest BCUT2D eigenvalue weighted by molar-refractivity contribution is 7.13. The second kappa shape index (κ2) is 10.2. The smallest absolute Gasteiger partial charge is 0.273 e. The third kappa shape index (κ3) is 5.03. The summed E-state index contributed by atoms with van der Waals surface area (Å²) in [6.45, 7) is 2.76. The molecule has 28 heavy (non-hydrogen) atoms. The fourth-order valence-corrected chi connectivity index (χ4v) is 5.03. The van der Waals surface area contributed by atoms with Gasteiger partial charge in [-0.1, -0.05) is 30.1 Å². The van der Waals surface area contributed by atoms with Crippen LogP contribution in [0.4, 0.5) is 0 Å². The standard InChI is InChI=1S/C20H23N3O2S2.ClH/c24-20(15-13-17(25-22-15)19-8-6-12-27-19)21-14-16(18-7-5-11-26-18)23-9-3-1-2-4-10-23;/h5-8,11-13,16H,1-4,9-10,14H2,(H,21,24);1H. The lowest BCUT2D eigenvalue weighted by Crippen LogP contribution is -2.38. The third-order valence-corrected chi connectivity index (χ3v) is 6.77. The summed E-state index contributed by atoms with van der Waals surface area (Å²) < 4.78 is 5.33. The van der Waals surface area contributed by atoms with Crippen molar-refractivity contribution in [2.75, 3.05) is 19.6 Å². The number of carbonyl (C=O) groups excluding carboxylic acids is 1. The number of hydrogen-bond donors (Lipinski definition) is 1. The minimum Gasteiger partial charge on any atom is -0.355 e. The largest absolute Gasteiger partial charge is 0.355 e. The van der Waals surface area contributed by atoms with Gasteiger partial charge in [-0.2, -0.15) is 0 Å². The van der Waals surface area contributed by atoms with Crippen molar-refractivity contribution in [2.45, 2.75) is 31.7 Å². The normalized spacial score (nSPS) is 16.1. The van der Waals surface area contributed by atoms with E-state index in [-0.39, 0.29) is 24.4 Å². The highest BCUT2D eigenvalue weighted by atomic mass is 35.5. The van der Waals surface area contributed by atoms with E-state index in [1.54, 1.807) is 28.7 Å². The summed E-state index contributed by atoms with van der Waals surface area (Å²) in [6, 6.07) is 10.1. The van der Waals surface area contributed by atoms with Crippen LogP contribution in [-0.4, -0.2) is 35.6 Å². The second-order valence-corrected chi connectivity index (χ2v) is 8.67. The van der Waals surface area contributed by atoms with Crippen LogP contribution < -0.4 is 5.32 Å². The van der Waals surface area contributed by atoms with E-state index >= 15 is 0 Å². The number of nitrogens with zero attached hydrogens (tertiary/aromatic N) is 2. The lowest BCUT2D eigenvalue weighted by molar-refractivity contribution is 0.0925. The van der Waals surface area contributed by atoms with Gasteiger partial charge >= 0.3 is 0 Å². The maximum atomic E-state index is 12.6. The SMILES string of the molecule is Cl.O=C(NCC(c1cccs1)N1CCCCCC1)c1cc(-c2cccs2)on1. The highest BCUT2D eigenvalue weighted by Gasteiger charge is 2.24. The van der Waals surface area contributed by atoms with Gasteiger partial charge in [-0.25, -0.2) is 0 Å². The van der Waals surface area contributed by atoms with E-state index < -0.39 is 0 Å². The lowest BCUT2D eigenvalue weighted by atomic mass is 10.2. The molecule has 0 saturated carbocycles. The molecule has 0 bridgehead atoms. The zero-order valence-corrected chi connectivity index (χ0v) is 18.0. The van der Waals surface area contributed by atoms with E-state index in [1.807, 2.05) is 17.5 Å². The van der Waals surface area contributed by atoms with E-state index in [2.05, 4.69) is 32.9 Å². The van der Waals surface area contributed by atoms with Gasteiger partial charge in [-0.3, -0.25) is 9.69 Å². The van der Waals surface area contributed by atoms with Crippen molar-refractivity contribution < 1.29 is 9.32 Å². The summed E-state index contributed by atoms with van der Waals surface area (Å²) in [5.74, 6) is 0.454. The van der Waals surface area contributed by atoms with Crippen LogP contribution in [0.25, 0.3) is 10.6 Å². The maximum absolute atomic E-state index is 12.6. The molecule has 0 aromatic carbocycles. The average Bonchev–Trinajstić information content (AvgIpc) is 3.42. The zero-order chi connectivity index (χ0) is 18.5. The van der Waals surface area contributed by atoms with Crippen molar-refractivity contribution in [2.24, 2.45) is 0 Å². The molecule has 8 heteroatoms. The van der Waals surface area contributed by atoms with E-state index in [4.69, 9.17) is 4.52 Å². The molecule has 3 aromatic heterocycles. The summed E-state index contributed by atoms with van der Waals surface area (Å²) in [5, 5.41) is 11.1. The fraction of sp³-hybridized carbons (Fsp3) is 0.400. The Labute approximate surface area is 179 Å². The van der Waals surface area contributed by atoms with Crippen molar-refractivity contribution in [3.05, 3.63) is 51.7 Å². The van der Waals surface area contributed by atoms with Gasteiger partial charge in [-0.05, 0) is 48.8 Å². The molecule has 0 radical (unpaired) electrons. The molecule has 0 aliphatic carbocycles. The summed E-state index contributed by atoms with van der Waals surface area (Å²) >= 11 is 3.32. The first-order valence-electron chi connectivity index (χ1n) is 9.37. The minimum absolute atomic E-state index is 0. The van der Waals surface area contributed by atoms with Crippen LogP contribution in [0.2, 0.25) is 0 Å². The first kappa shape index (κ1) is 21.0. The molecular formula is C20H24ClN3O2S2. The average molecular weight is 438 g/mol. The molecule has 1 atom stereocenters. The number of nitrogens with one attached hydrogen (secondary N) is 1. The van der Waals surface area contributed by atoms with Crippen LogP contribution in [0, 0.1) is 0 Å². The van der Waals surface area contributed by atoms with Crippen molar-refractivity contribution in [1.82, 2.24) is 15.4 Å². The molecule has 3 aromatic rings. The maximum Gasteiger partial charge on any atom is 0.273 e. The predicted octanol–water partition coefficient (Wildman–Crippen LogP) is 5.23. The summed E-state index contributed by atoms with van der Waals surface area (Å²) in [7, 11) is 0. The summed E-state index contributed by atoms with van der Waals surface area (Å²) in [5.41, 5.74) is 0.333. The van der Waals surface area contributed by atoms with Crippen molar-refractivity contribution in [3.8, 4) is 10.6 Å². The fourth-order valence-electron chi connectivity index (χ4n) is 3.49. The van der Waals surface area contributed by atoms with Crippen LogP contribution >= 0.6 is 35.1 Å². The molecule has 1 saturated heterocycles. The Morgan fingerprint density at radius 1 is 1.14 bits per heavy atom. The van der Waals surface area contributed by atoms with Gasteiger partial charge in [0, 0.05) is 17.5 Å². The number of rotatable bonds is 6. The lowest BCUT2D eigenvalue weighted by Gasteiger charge is -2.30. The molecule has 1 aliphatic rings. The Balaban J connectivity index is 0.00000225. The van der Waals surface area contributed by atoms with Gasteiger partial charge < -0.3 is 9.84 Å². The van der Waals surface area contributed by atoms with Gasteiger partial charge in [-0.15, -0.1) is 35.1 Å². The molecule has 4 rings (SSSR count). The van der Waals surface area contributed by atoms with E-state index in [9.17, 15) is 4.79 Å². The second-order valence-electron chi connectivity index (χ2n) is 6.75. The van der Waals surface area contributed by atoms with Crippen LogP contribution in [0.15, 0.2) is 45.6 Å². The molecule has 0 spiro atoms. The molecule has 150 valence electrons. The third-order valence-electron chi connectivity index (χ3n) is 4.92. The highest BCUT2D eigenvalue weighted by Crippen LogP contribution is 2.28. The van der Waals surface area contributed by atoms with Crippen LogP contribution in [0.3, 0.4) is 0 Å². The summed E-state index contributed by atoms with van der Waals surface area (Å²) in [6.07, 6.45) is 5.04. The van der Waals surface area contributed by atoms with Gasteiger partial charge in [0.15, 0.2) is 11.5 Å². The first-order chi connectivity index (χ1) is 13.3. The molecule has 1 amide bonds. The van der Waals surface area contributed by atoms with Gasteiger partial charge in [0.1, 0.15) is 0 Å². The number of aromatic nitrogens is 1. The molecular weight excluding hydrogens is 414 g/mol. The van der Waals surface area contributed by atoms with Crippen LogP contribution in [0.5, 0.6) is 0 Å². The topological polar surface area (TPSA) is 58.4 Å². The first-order valence-corrected chi connectivity index (χ1v) is 11.1. The Morgan fingerprint density at radius 2 is 1.89 bits per heavy atom. The number of hydrogen-bond acceptors (Lipinski definition) is 6. The van der Waals surface area contributed by atoms with Crippen LogP contribution in [0.1, 0.15) is 47.1 Å². The Kier molecular flexibility index (Phi) is 7.67. The molecule has 1 fully saturated rings. The Hall–Kier alpha value is -1.67. The van der Waals surface area contributed by atoms with E-state index in [0.717, 1.165) is 18.0 Å². The Bertz CT molecular complexity index is 841. The molecule has 1 aliphatic heterocycles. The number of amides is 1. The molecule has 4 heterocycles. The van der Waals surface area contributed by atoms with E-state index in [1.165, 1.54) is 30.6 Å². The Morgan fingerprint density at radius 3 is 2.57 bits per heavy atom. The number of carbonyl (C=O) groups is 1. The van der Waals surface area contributed by atoms with Crippen molar-refractivity contribution in [1.29, 1.82) is 0 Å². The van der Waals surface area contributed by atoms with E-state index in [0.29, 0.717) is 18.0 Å². The van der Waals surface area contributed by atoms with Gasteiger partial charge in [0.05, 0.1) is 10.9 Å². The molecule has 1 N–H and O–H groups in total. The predicted molar refractivity (Wildman–Crippen MR) is 116 cm³/mol. The van der Waals surface area contributed by atoms with Crippen molar-refractivity contribution >= 4 is 41.0 Å². The molecule has 5 nitrogen and oxygen atoms in total. The summed E-state index contributed by atoms with van der Waals surface area (Å²) in [4.78, 5) is 17.4. The van der Waals surface area contributed by atoms with Gasteiger partial charge in [0.2, 0.25) is 0 Å². The number of thiophene rings is 2. The van der Waals surface area contributed by atoms with Gasteiger partial charge in [0.25, 0.3) is 5.91 Å². The van der Waals surface area contributed by atoms with Crippen LogP contribution in [-0.2, 0) is 0 Å². The minimum atomic E-state index is -0.182. The van der Waals surface area contributed by atoms with Crippen molar-refractivity contribution in [3.63, 3.8) is 0 Å². The quantitative estimate of drug-likeness (QED) is 0.573. The number of likely N-dealkylation sites (tertiary alicyclic amines) is 1. The zero-order valence-electron chi connectivity index (χ0n) is 15.5. The number of halogens is 1. The monoisotopic (exact) mass is 437 g/mol.